The van der Waals surface area contributed by atoms with Crippen LogP contribution in [0.25, 0.3) is 0 Å². The topological polar surface area (TPSA) is 43.4 Å². The zero-order valence-corrected chi connectivity index (χ0v) is 28.5. The minimum atomic E-state index is -3.71. The Morgan fingerprint density at radius 1 is 1.07 bits per heavy atom. The van der Waals surface area contributed by atoms with Gasteiger partial charge >= 0.3 is 0 Å². The zero-order chi connectivity index (χ0) is 29.9. The van der Waals surface area contributed by atoms with Crippen molar-refractivity contribution in [2.24, 2.45) is 29.1 Å². The van der Waals surface area contributed by atoms with Crippen molar-refractivity contribution in [1.29, 1.82) is 0 Å². The second kappa shape index (κ2) is 11.2. The molecule has 0 aromatic carbocycles. The molecule has 1 unspecified atom stereocenters. The molecule has 6 atom stereocenters. The zero-order valence-electron chi connectivity index (χ0n) is 26.7. The third-order valence-corrected chi connectivity index (χ3v) is 18.1. The van der Waals surface area contributed by atoms with Gasteiger partial charge in [0.1, 0.15) is 11.4 Å². The average molecular weight is 599 g/mol. The van der Waals surface area contributed by atoms with Gasteiger partial charge in [-0.25, -0.2) is 8.42 Å². The van der Waals surface area contributed by atoms with Gasteiger partial charge in [0.25, 0.3) is 5.92 Å². The van der Waals surface area contributed by atoms with Crippen molar-refractivity contribution < 1.29 is 21.6 Å². The van der Waals surface area contributed by atoms with Gasteiger partial charge in [0.2, 0.25) is 0 Å². The van der Waals surface area contributed by atoms with Crippen LogP contribution in [0.2, 0.25) is 18.1 Å². The van der Waals surface area contributed by atoms with Crippen LogP contribution in [0.15, 0.2) is 22.8 Å². The summed E-state index contributed by atoms with van der Waals surface area (Å²) < 4.78 is 65.9. The Morgan fingerprint density at radius 2 is 1.75 bits per heavy atom. The molecule has 2 saturated carbocycles. The maximum Gasteiger partial charge on any atom is 0.295 e. The van der Waals surface area contributed by atoms with Gasteiger partial charge in [-0.3, -0.25) is 0 Å². The van der Waals surface area contributed by atoms with Gasteiger partial charge in [-0.05, 0) is 97.7 Å². The van der Waals surface area contributed by atoms with E-state index < -0.39 is 35.4 Å². The number of hydrogen-bond acceptors (Lipinski definition) is 3. The summed E-state index contributed by atoms with van der Waals surface area (Å²) in [5, 5.41) is -1.40. The minimum absolute atomic E-state index is 0.129. The number of allylic oxidation sites excluding steroid dienone is 1. The summed E-state index contributed by atoms with van der Waals surface area (Å²) >= 11 is 0. The number of fused-ring (bicyclic) bond motifs is 1. The molecule has 0 radical (unpaired) electrons. The largest absolute Gasteiger partial charge is 0.407 e. The highest BCUT2D eigenvalue weighted by molar-refractivity contribution is 7.92. The highest BCUT2D eigenvalue weighted by Gasteiger charge is 2.59. The fourth-order valence-electron chi connectivity index (χ4n) is 8.39. The number of hydrogen-bond donors (Lipinski definition) is 0. The smallest absolute Gasteiger partial charge is 0.295 e. The molecule has 0 saturated heterocycles. The van der Waals surface area contributed by atoms with Crippen LogP contribution >= 0.6 is 0 Å². The fraction of sp³-hybridized carbons (Fsp3) is 0.879. The lowest BCUT2D eigenvalue weighted by Crippen LogP contribution is -2.52. The minimum Gasteiger partial charge on any atom is -0.407 e. The van der Waals surface area contributed by atoms with Crippen LogP contribution in [0, 0.1) is 29.1 Å². The Hall–Kier alpha value is -0.533. The highest BCUT2D eigenvalue weighted by atomic mass is 32.2. The van der Waals surface area contributed by atoms with Crippen LogP contribution in [-0.2, 0) is 14.3 Å². The summed E-state index contributed by atoms with van der Waals surface area (Å²) in [5.74, 6) is -1.22. The van der Waals surface area contributed by atoms with Crippen LogP contribution in [0.5, 0.6) is 0 Å². The van der Waals surface area contributed by atoms with Gasteiger partial charge < -0.3 is 4.43 Å². The van der Waals surface area contributed by atoms with Gasteiger partial charge in [0, 0.05) is 5.57 Å². The average Bonchev–Trinajstić information content (AvgIpc) is 3.29. The van der Waals surface area contributed by atoms with E-state index in [1.54, 1.807) is 0 Å². The molecule has 4 rings (SSSR count). The van der Waals surface area contributed by atoms with E-state index in [4.69, 9.17) is 4.43 Å². The lowest BCUT2D eigenvalue weighted by Gasteiger charge is -2.45. The Balaban J connectivity index is 1.61. The molecule has 0 aromatic rings. The van der Waals surface area contributed by atoms with E-state index in [-0.39, 0.29) is 28.2 Å². The molecule has 0 N–H and O–H groups in total. The van der Waals surface area contributed by atoms with E-state index in [1.165, 1.54) is 19.3 Å². The molecule has 1 aliphatic heterocycles. The van der Waals surface area contributed by atoms with Crippen molar-refractivity contribution in [3.8, 4) is 0 Å². The van der Waals surface area contributed by atoms with Gasteiger partial charge in [0.05, 0.1) is 5.75 Å². The Bertz CT molecular complexity index is 1120. The third-order valence-electron chi connectivity index (χ3n) is 11.7. The van der Waals surface area contributed by atoms with Crippen LogP contribution < -0.4 is 0 Å². The highest BCUT2D eigenvalue weighted by Crippen LogP contribution is 2.60. The molecule has 0 spiro atoms. The van der Waals surface area contributed by atoms with E-state index in [1.807, 2.05) is 19.2 Å². The summed E-state index contributed by atoms with van der Waals surface area (Å²) in [6.45, 7) is 19.5. The maximum absolute atomic E-state index is 16.3. The van der Waals surface area contributed by atoms with E-state index in [0.717, 1.165) is 43.6 Å². The van der Waals surface area contributed by atoms with E-state index in [2.05, 4.69) is 48.5 Å². The standard InChI is InChI=1S/C33H56F2O3SSi/c1-22(2)12-10-13-23(3)26-16-17-27-24(14-11-19-32(26,27)7)20-28-30-25(21-39(28,36)37)15-18-29(33(30,34)35)38-40(8,9)31(4,5)6/h20,22-23,26-29H,10-19,21H2,1-9H3/b24-20+/t23-,26-,27+,28?,29+,32-/m1/s1. The molecule has 40 heavy (non-hydrogen) atoms. The third kappa shape index (κ3) is 5.96. The molecule has 7 heteroatoms. The summed E-state index contributed by atoms with van der Waals surface area (Å²) in [6.07, 6.45) is 10.1. The quantitative estimate of drug-likeness (QED) is 0.206. The lowest BCUT2D eigenvalue weighted by atomic mass is 9.60. The number of rotatable bonds is 8. The summed E-state index contributed by atoms with van der Waals surface area (Å²) in [6, 6.07) is 0. The Morgan fingerprint density at radius 3 is 2.38 bits per heavy atom. The molecule has 2 fully saturated rings. The SMILES string of the molecule is CC(C)CCC[C@@H](C)[C@H]1CC[C@H]2/C(=C/C3C4=C(CC[C@H](O[Si](C)(C)C(C)(C)C)C4(F)F)CS3(=O)=O)CCC[C@]12C. The first kappa shape index (κ1) is 32.4. The van der Waals surface area contributed by atoms with Crippen LogP contribution in [0.1, 0.15) is 113 Å². The summed E-state index contributed by atoms with van der Waals surface area (Å²) in [5.41, 5.74) is 1.57. The van der Waals surface area contributed by atoms with Gasteiger partial charge in [-0.1, -0.05) is 79.4 Å². The second-order valence-corrected chi connectivity index (χ2v) is 22.8. The fourth-order valence-corrected chi connectivity index (χ4v) is 11.8. The number of alkyl halides is 2. The number of halogens is 2. The van der Waals surface area contributed by atoms with Crippen molar-refractivity contribution in [3.05, 3.63) is 22.8 Å². The molecular weight excluding hydrogens is 543 g/mol. The predicted molar refractivity (Wildman–Crippen MR) is 165 cm³/mol. The monoisotopic (exact) mass is 598 g/mol. The van der Waals surface area contributed by atoms with Gasteiger partial charge in [0.15, 0.2) is 18.2 Å². The Kier molecular flexibility index (Phi) is 9.06. The van der Waals surface area contributed by atoms with Crippen molar-refractivity contribution in [1.82, 2.24) is 0 Å². The molecule has 230 valence electrons. The molecule has 4 aliphatic rings. The van der Waals surface area contributed by atoms with Crippen LogP contribution in [0.3, 0.4) is 0 Å². The van der Waals surface area contributed by atoms with Crippen molar-refractivity contribution in [3.63, 3.8) is 0 Å². The molecular formula is C33H56F2O3SSi. The second-order valence-electron chi connectivity index (χ2n) is 15.9. The van der Waals surface area contributed by atoms with E-state index >= 15 is 8.78 Å². The molecule has 1 heterocycles. The van der Waals surface area contributed by atoms with Crippen molar-refractivity contribution in [2.75, 3.05) is 5.75 Å². The van der Waals surface area contributed by atoms with Crippen molar-refractivity contribution >= 4 is 18.2 Å². The molecule has 0 amide bonds. The molecule has 3 nitrogen and oxygen atoms in total. The number of sulfone groups is 1. The van der Waals surface area contributed by atoms with E-state index in [0.29, 0.717) is 29.7 Å². The first-order chi connectivity index (χ1) is 18.3. The van der Waals surface area contributed by atoms with Crippen LogP contribution in [0.4, 0.5) is 8.78 Å². The molecule has 0 aromatic heterocycles. The van der Waals surface area contributed by atoms with Crippen molar-refractivity contribution in [2.45, 2.75) is 148 Å². The first-order valence-electron chi connectivity index (χ1n) is 16.0. The normalized spacial score (nSPS) is 35.8. The maximum atomic E-state index is 16.3. The lowest BCUT2D eigenvalue weighted by molar-refractivity contribution is -0.0809. The predicted octanol–water partition coefficient (Wildman–Crippen LogP) is 9.50. The summed E-state index contributed by atoms with van der Waals surface area (Å²) in [4.78, 5) is 0. The van der Waals surface area contributed by atoms with Crippen LogP contribution in [-0.4, -0.2) is 39.8 Å². The van der Waals surface area contributed by atoms with Gasteiger partial charge in [-0.15, -0.1) is 0 Å². The summed E-state index contributed by atoms with van der Waals surface area (Å²) in [7, 11) is -6.16. The first-order valence-corrected chi connectivity index (χ1v) is 20.6. The van der Waals surface area contributed by atoms with E-state index in [9.17, 15) is 8.42 Å². The molecule has 3 aliphatic carbocycles. The van der Waals surface area contributed by atoms with Gasteiger partial charge in [-0.2, -0.15) is 8.78 Å². The Labute approximate surface area is 245 Å². The molecule has 0 bridgehead atoms.